The summed E-state index contributed by atoms with van der Waals surface area (Å²) in [6, 6.07) is 8.15. The first-order chi connectivity index (χ1) is 15.6. The molecule has 2 amide bonds. The van der Waals surface area contributed by atoms with Gasteiger partial charge >= 0.3 is 0 Å². The maximum atomic E-state index is 13.5. The van der Waals surface area contributed by atoms with E-state index in [9.17, 15) is 22.4 Å². The molecule has 33 heavy (non-hydrogen) atoms. The van der Waals surface area contributed by atoms with Crippen molar-refractivity contribution in [3.63, 3.8) is 0 Å². The number of carbonyl (C=O) groups excluding carboxylic acids is 2. The Balaban J connectivity index is 1.82. The minimum atomic E-state index is -3.74. The maximum absolute atomic E-state index is 13.5. The zero-order chi connectivity index (χ0) is 24.3. The van der Waals surface area contributed by atoms with Crippen LogP contribution >= 0.6 is 11.6 Å². The number of benzene rings is 2. The lowest BCUT2D eigenvalue weighted by molar-refractivity contribution is -0.122. The standard InChI is InChI=1S/C22H25ClFN3O5S/c1-4-26(5-2)33(30,31)16-7-9-20(32-3)19(12-16)25-22(29)14-10-21(28)27(13-14)15-6-8-18(24)17(23)11-15/h6-9,11-12,14H,4-5,10,13H2,1-3H3,(H,25,29). The molecule has 0 spiro atoms. The Bertz CT molecular complexity index is 1170. The summed E-state index contributed by atoms with van der Waals surface area (Å²) in [6.45, 7) is 4.17. The van der Waals surface area contributed by atoms with Crippen LogP contribution in [0.5, 0.6) is 5.75 Å². The van der Waals surface area contributed by atoms with Crippen molar-refractivity contribution in [1.29, 1.82) is 0 Å². The smallest absolute Gasteiger partial charge is 0.243 e. The van der Waals surface area contributed by atoms with Crippen LogP contribution in [0.3, 0.4) is 0 Å². The van der Waals surface area contributed by atoms with Gasteiger partial charge in [-0.05, 0) is 36.4 Å². The minimum absolute atomic E-state index is 0.0207. The van der Waals surface area contributed by atoms with Gasteiger partial charge < -0.3 is 15.0 Å². The van der Waals surface area contributed by atoms with Gasteiger partial charge in [0.25, 0.3) is 0 Å². The molecule has 1 atom stereocenters. The van der Waals surface area contributed by atoms with Crippen molar-refractivity contribution in [3.8, 4) is 5.75 Å². The van der Waals surface area contributed by atoms with Crippen LogP contribution in [0.2, 0.25) is 5.02 Å². The number of hydrogen-bond acceptors (Lipinski definition) is 5. The van der Waals surface area contributed by atoms with Crippen LogP contribution in [-0.2, 0) is 19.6 Å². The number of anilines is 2. The van der Waals surface area contributed by atoms with E-state index in [1.807, 2.05) is 0 Å². The number of nitrogens with zero attached hydrogens (tertiary/aromatic N) is 2. The second kappa shape index (κ2) is 10.1. The van der Waals surface area contributed by atoms with Crippen molar-refractivity contribution < 1.29 is 27.1 Å². The highest BCUT2D eigenvalue weighted by molar-refractivity contribution is 7.89. The highest BCUT2D eigenvalue weighted by Crippen LogP contribution is 2.32. The van der Waals surface area contributed by atoms with E-state index < -0.39 is 27.7 Å². The number of methoxy groups -OCH3 is 1. The summed E-state index contributed by atoms with van der Waals surface area (Å²) in [6.07, 6.45) is -0.0550. The van der Waals surface area contributed by atoms with Crippen LogP contribution in [0.15, 0.2) is 41.3 Å². The average Bonchev–Trinajstić information content (AvgIpc) is 3.18. The van der Waals surface area contributed by atoms with Gasteiger partial charge in [-0.2, -0.15) is 4.31 Å². The Morgan fingerprint density at radius 3 is 2.55 bits per heavy atom. The fourth-order valence-electron chi connectivity index (χ4n) is 3.68. The van der Waals surface area contributed by atoms with Gasteiger partial charge in [-0.25, -0.2) is 12.8 Å². The molecule has 2 aromatic carbocycles. The second-order valence-electron chi connectivity index (χ2n) is 7.44. The molecular weight excluding hydrogens is 473 g/mol. The largest absolute Gasteiger partial charge is 0.495 e. The number of amides is 2. The van der Waals surface area contributed by atoms with Crippen molar-refractivity contribution in [2.75, 3.05) is 37.0 Å². The molecule has 1 unspecified atom stereocenters. The first kappa shape index (κ1) is 24.9. The van der Waals surface area contributed by atoms with Gasteiger partial charge in [0.15, 0.2) is 0 Å². The van der Waals surface area contributed by atoms with Gasteiger partial charge in [0.2, 0.25) is 21.8 Å². The fraction of sp³-hybridized carbons (Fsp3) is 0.364. The zero-order valence-corrected chi connectivity index (χ0v) is 20.0. The molecule has 0 aromatic heterocycles. The predicted molar refractivity (Wildman–Crippen MR) is 124 cm³/mol. The first-order valence-corrected chi connectivity index (χ1v) is 12.2. The van der Waals surface area contributed by atoms with Crippen LogP contribution in [0.1, 0.15) is 20.3 Å². The van der Waals surface area contributed by atoms with Crippen molar-refractivity contribution in [2.24, 2.45) is 5.92 Å². The third kappa shape index (κ3) is 5.13. The molecule has 3 rings (SSSR count). The lowest BCUT2D eigenvalue weighted by Crippen LogP contribution is -2.31. The Kier molecular flexibility index (Phi) is 7.61. The van der Waals surface area contributed by atoms with Crippen LogP contribution in [0.4, 0.5) is 15.8 Å². The summed E-state index contributed by atoms with van der Waals surface area (Å²) in [5.41, 5.74) is 0.582. The number of ether oxygens (including phenoxy) is 1. The Labute approximate surface area is 197 Å². The highest BCUT2D eigenvalue weighted by atomic mass is 35.5. The summed E-state index contributed by atoms with van der Waals surface area (Å²) in [5.74, 6) is -1.78. The lowest BCUT2D eigenvalue weighted by atomic mass is 10.1. The zero-order valence-electron chi connectivity index (χ0n) is 18.5. The highest BCUT2D eigenvalue weighted by Gasteiger charge is 2.36. The van der Waals surface area contributed by atoms with Crippen LogP contribution < -0.4 is 15.0 Å². The quantitative estimate of drug-likeness (QED) is 0.602. The number of carbonyl (C=O) groups is 2. The van der Waals surface area contributed by atoms with Gasteiger partial charge in [-0.1, -0.05) is 25.4 Å². The summed E-state index contributed by atoms with van der Waals surface area (Å²) in [7, 11) is -2.34. The Hall–Kier alpha value is -2.69. The average molecular weight is 498 g/mol. The molecule has 1 saturated heterocycles. The van der Waals surface area contributed by atoms with E-state index in [4.69, 9.17) is 16.3 Å². The molecule has 1 aliphatic rings. The molecule has 1 aliphatic heterocycles. The fourth-order valence-corrected chi connectivity index (χ4v) is 5.34. The van der Waals surface area contributed by atoms with Gasteiger partial charge in [0.1, 0.15) is 11.6 Å². The van der Waals surface area contributed by atoms with Gasteiger partial charge in [-0.15, -0.1) is 0 Å². The van der Waals surface area contributed by atoms with E-state index in [1.165, 1.54) is 46.6 Å². The van der Waals surface area contributed by atoms with E-state index in [2.05, 4.69) is 5.32 Å². The Morgan fingerprint density at radius 1 is 1.24 bits per heavy atom. The predicted octanol–water partition coefficient (Wildman–Crippen LogP) is 3.51. The van der Waals surface area contributed by atoms with Crippen LogP contribution in [-0.4, -0.2) is 51.3 Å². The van der Waals surface area contributed by atoms with Crippen molar-refractivity contribution in [1.82, 2.24) is 4.31 Å². The van der Waals surface area contributed by atoms with Gasteiger partial charge in [0.05, 0.1) is 28.6 Å². The lowest BCUT2D eigenvalue weighted by Gasteiger charge is -2.20. The van der Waals surface area contributed by atoms with Gasteiger partial charge in [-0.3, -0.25) is 9.59 Å². The van der Waals surface area contributed by atoms with Crippen molar-refractivity contribution in [3.05, 3.63) is 47.2 Å². The van der Waals surface area contributed by atoms with Crippen molar-refractivity contribution >= 4 is 44.8 Å². The molecule has 0 saturated carbocycles. The van der Waals surface area contributed by atoms with Crippen LogP contribution in [0.25, 0.3) is 0 Å². The molecule has 1 heterocycles. The maximum Gasteiger partial charge on any atom is 0.243 e. The SMILES string of the molecule is CCN(CC)S(=O)(=O)c1ccc(OC)c(NC(=O)C2CC(=O)N(c3ccc(F)c(Cl)c3)C2)c1. The first-order valence-electron chi connectivity index (χ1n) is 10.4. The van der Waals surface area contributed by atoms with E-state index >= 15 is 0 Å². The van der Waals surface area contributed by atoms with E-state index in [1.54, 1.807) is 13.8 Å². The third-order valence-corrected chi connectivity index (χ3v) is 7.82. The third-order valence-electron chi connectivity index (χ3n) is 5.48. The van der Waals surface area contributed by atoms with E-state index in [-0.39, 0.29) is 40.2 Å². The number of nitrogens with one attached hydrogen (secondary N) is 1. The number of halogens is 2. The molecule has 8 nitrogen and oxygen atoms in total. The molecular formula is C22H25ClFN3O5S. The normalized spacial score (nSPS) is 16.4. The molecule has 178 valence electrons. The molecule has 2 aromatic rings. The summed E-state index contributed by atoms with van der Waals surface area (Å²) in [4.78, 5) is 26.8. The molecule has 0 radical (unpaired) electrons. The topological polar surface area (TPSA) is 96.0 Å². The molecule has 11 heteroatoms. The van der Waals surface area contributed by atoms with Crippen LogP contribution in [0, 0.1) is 11.7 Å². The summed E-state index contributed by atoms with van der Waals surface area (Å²) in [5, 5.41) is 2.57. The molecule has 1 N–H and O–H groups in total. The van der Waals surface area contributed by atoms with Gasteiger partial charge in [0, 0.05) is 31.7 Å². The number of sulfonamides is 1. The van der Waals surface area contributed by atoms with E-state index in [0.29, 0.717) is 18.8 Å². The molecule has 0 bridgehead atoms. The number of rotatable bonds is 8. The number of hydrogen-bond donors (Lipinski definition) is 1. The second-order valence-corrected chi connectivity index (χ2v) is 9.79. The van der Waals surface area contributed by atoms with Crippen molar-refractivity contribution in [2.45, 2.75) is 25.2 Å². The van der Waals surface area contributed by atoms with E-state index in [0.717, 1.165) is 6.07 Å². The summed E-state index contributed by atoms with van der Waals surface area (Å²) >= 11 is 5.82. The summed E-state index contributed by atoms with van der Waals surface area (Å²) < 4.78 is 45.8. The minimum Gasteiger partial charge on any atom is -0.495 e. The molecule has 0 aliphatic carbocycles. The Morgan fingerprint density at radius 2 is 1.94 bits per heavy atom. The molecule has 1 fully saturated rings. The monoisotopic (exact) mass is 497 g/mol.